The molecule has 0 spiro atoms. The Morgan fingerprint density at radius 3 is 2.65 bits per heavy atom. The lowest BCUT2D eigenvalue weighted by Gasteiger charge is -2.11. The molecule has 4 N–H and O–H groups in total. The van der Waals surface area contributed by atoms with Crippen molar-refractivity contribution in [3.8, 4) is 0 Å². The maximum atomic E-state index is 13.5. The van der Waals surface area contributed by atoms with Gasteiger partial charge in [0.15, 0.2) is 0 Å². The number of hydrogen-bond donors (Lipinski definition) is 3. The molecule has 0 aliphatic heterocycles. The summed E-state index contributed by atoms with van der Waals surface area (Å²) in [5.74, 6) is 4.21. The molecule has 0 radical (unpaired) electrons. The summed E-state index contributed by atoms with van der Waals surface area (Å²) in [7, 11) is 0. The fraction of sp³-hybridized carbons (Fsp3) is 0.0714. The lowest BCUT2D eigenvalue weighted by molar-refractivity contribution is 0.0951. The quantitative estimate of drug-likeness (QED) is 0.600. The van der Waals surface area contributed by atoms with Crippen LogP contribution in [0.15, 0.2) is 42.5 Å². The highest BCUT2D eigenvalue weighted by molar-refractivity contribution is 6.31. The molecule has 0 bridgehead atoms. The second-order valence-electron chi connectivity index (χ2n) is 4.08. The normalized spacial score (nSPS) is 10.2. The number of nitrogens with two attached hydrogens (primary N) is 1. The number of anilines is 1. The Balaban J connectivity index is 2.14. The van der Waals surface area contributed by atoms with Gasteiger partial charge in [0.2, 0.25) is 0 Å². The lowest BCUT2D eigenvalue weighted by atomic mass is 10.1. The van der Waals surface area contributed by atoms with Crippen LogP contribution >= 0.6 is 11.6 Å². The molecule has 6 heteroatoms. The highest BCUT2D eigenvalue weighted by Gasteiger charge is 2.14. The number of para-hydroxylation sites is 1. The van der Waals surface area contributed by atoms with Crippen molar-refractivity contribution in [1.82, 2.24) is 5.32 Å². The van der Waals surface area contributed by atoms with Crippen LogP contribution in [0.4, 0.5) is 10.1 Å². The average molecular weight is 294 g/mol. The molecule has 2 aromatic carbocycles. The molecule has 0 atom stereocenters. The molecular weight excluding hydrogens is 281 g/mol. The average Bonchev–Trinajstić information content (AvgIpc) is 2.46. The number of hydrazine groups is 1. The van der Waals surface area contributed by atoms with E-state index in [1.165, 1.54) is 18.2 Å². The Morgan fingerprint density at radius 2 is 1.95 bits per heavy atom. The minimum absolute atomic E-state index is 0.0378. The maximum absolute atomic E-state index is 13.5. The van der Waals surface area contributed by atoms with Gasteiger partial charge >= 0.3 is 0 Å². The van der Waals surface area contributed by atoms with Crippen molar-refractivity contribution in [1.29, 1.82) is 0 Å². The summed E-state index contributed by atoms with van der Waals surface area (Å²) >= 11 is 5.99. The zero-order valence-electron chi connectivity index (χ0n) is 10.5. The molecule has 2 aromatic rings. The van der Waals surface area contributed by atoms with Crippen molar-refractivity contribution in [3.05, 3.63) is 64.4 Å². The van der Waals surface area contributed by atoms with Crippen LogP contribution in [0.25, 0.3) is 0 Å². The van der Waals surface area contributed by atoms with E-state index in [2.05, 4.69) is 10.7 Å². The number of hydrogen-bond acceptors (Lipinski definition) is 3. The zero-order chi connectivity index (χ0) is 14.5. The van der Waals surface area contributed by atoms with E-state index in [-0.39, 0.29) is 17.8 Å². The molecule has 0 heterocycles. The van der Waals surface area contributed by atoms with E-state index in [4.69, 9.17) is 17.4 Å². The summed E-state index contributed by atoms with van der Waals surface area (Å²) in [6.45, 7) is 0.249. The van der Waals surface area contributed by atoms with Gasteiger partial charge in [0.25, 0.3) is 5.91 Å². The smallest absolute Gasteiger partial charge is 0.253 e. The van der Waals surface area contributed by atoms with Gasteiger partial charge in [-0.25, -0.2) is 4.39 Å². The van der Waals surface area contributed by atoms with Gasteiger partial charge in [-0.15, -0.1) is 0 Å². The third-order valence-corrected chi connectivity index (χ3v) is 3.17. The molecule has 1 amide bonds. The van der Waals surface area contributed by atoms with Gasteiger partial charge in [-0.2, -0.15) is 0 Å². The molecule has 20 heavy (non-hydrogen) atoms. The molecule has 0 aromatic heterocycles. The molecule has 0 saturated heterocycles. The molecule has 0 unspecified atom stereocenters. The third kappa shape index (κ3) is 3.07. The fourth-order valence-electron chi connectivity index (χ4n) is 1.77. The monoisotopic (exact) mass is 293 g/mol. The van der Waals surface area contributed by atoms with Crippen LogP contribution in [0.1, 0.15) is 15.9 Å². The Labute approximate surface area is 120 Å². The minimum atomic E-state index is -0.585. The van der Waals surface area contributed by atoms with E-state index in [1.54, 1.807) is 18.2 Å². The Bertz CT molecular complexity index is 634. The summed E-state index contributed by atoms with van der Waals surface area (Å²) in [6, 6.07) is 11.3. The fourth-order valence-corrected chi connectivity index (χ4v) is 1.98. The molecule has 0 fully saturated rings. The SMILES string of the molecule is NNc1c(F)cccc1C(=O)NCc1ccccc1Cl. The van der Waals surface area contributed by atoms with Crippen molar-refractivity contribution in [2.24, 2.45) is 5.84 Å². The number of rotatable bonds is 4. The van der Waals surface area contributed by atoms with Gasteiger partial charge in [-0.3, -0.25) is 10.6 Å². The first-order chi connectivity index (χ1) is 9.63. The van der Waals surface area contributed by atoms with Crippen LogP contribution in [0.2, 0.25) is 5.02 Å². The van der Waals surface area contributed by atoms with E-state index in [9.17, 15) is 9.18 Å². The van der Waals surface area contributed by atoms with Crippen molar-refractivity contribution < 1.29 is 9.18 Å². The lowest BCUT2D eigenvalue weighted by Crippen LogP contribution is -2.25. The van der Waals surface area contributed by atoms with Gasteiger partial charge in [0, 0.05) is 11.6 Å². The Hall–Kier alpha value is -2.11. The highest BCUT2D eigenvalue weighted by atomic mass is 35.5. The van der Waals surface area contributed by atoms with E-state index in [1.807, 2.05) is 6.07 Å². The largest absolute Gasteiger partial charge is 0.348 e. The summed E-state index contributed by atoms with van der Waals surface area (Å²) in [5, 5.41) is 3.23. The van der Waals surface area contributed by atoms with E-state index in [0.29, 0.717) is 5.02 Å². The summed E-state index contributed by atoms with van der Waals surface area (Å²) in [4.78, 5) is 12.0. The van der Waals surface area contributed by atoms with Gasteiger partial charge in [-0.05, 0) is 23.8 Å². The summed E-state index contributed by atoms with van der Waals surface area (Å²) in [5.41, 5.74) is 3.07. The van der Waals surface area contributed by atoms with Crippen LogP contribution < -0.4 is 16.6 Å². The van der Waals surface area contributed by atoms with Crippen molar-refractivity contribution in [3.63, 3.8) is 0 Å². The zero-order valence-corrected chi connectivity index (χ0v) is 11.2. The number of halogens is 2. The van der Waals surface area contributed by atoms with Gasteiger partial charge in [0.05, 0.1) is 11.3 Å². The number of carbonyl (C=O) groups excluding carboxylic acids is 1. The van der Waals surface area contributed by atoms with Crippen LogP contribution in [0, 0.1) is 5.82 Å². The van der Waals surface area contributed by atoms with Gasteiger partial charge < -0.3 is 10.7 Å². The molecule has 104 valence electrons. The first-order valence-electron chi connectivity index (χ1n) is 5.90. The van der Waals surface area contributed by atoms with E-state index >= 15 is 0 Å². The summed E-state index contributed by atoms with van der Waals surface area (Å²) < 4.78 is 13.5. The molecular formula is C14H13ClFN3O. The standard InChI is InChI=1S/C14H13ClFN3O/c15-11-6-2-1-4-9(11)8-18-14(20)10-5-3-7-12(16)13(10)19-17/h1-7,19H,8,17H2,(H,18,20). The number of amides is 1. The third-order valence-electron chi connectivity index (χ3n) is 2.80. The van der Waals surface area contributed by atoms with Gasteiger partial charge in [-0.1, -0.05) is 35.9 Å². The number of carbonyl (C=O) groups is 1. The number of benzene rings is 2. The Kier molecular flexibility index (Phi) is 4.55. The van der Waals surface area contributed by atoms with Crippen molar-refractivity contribution >= 4 is 23.2 Å². The van der Waals surface area contributed by atoms with E-state index in [0.717, 1.165) is 5.56 Å². The van der Waals surface area contributed by atoms with Crippen LogP contribution in [-0.4, -0.2) is 5.91 Å². The number of nitrogen functional groups attached to an aromatic ring is 1. The highest BCUT2D eigenvalue weighted by Crippen LogP contribution is 2.19. The topological polar surface area (TPSA) is 67.1 Å². The van der Waals surface area contributed by atoms with Crippen LogP contribution in [0.3, 0.4) is 0 Å². The Morgan fingerprint density at radius 1 is 1.20 bits per heavy atom. The molecule has 0 saturated carbocycles. The molecule has 0 aliphatic carbocycles. The molecule has 2 rings (SSSR count). The van der Waals surface area contributed by atoms with Crippen LogP contribution in [0.5, 0.6) is 0 Å². The first kappa shape index (κ1) is 14.3. The number of nitrogens with one attached hydrogen (secondary N) is 2. The maximum Gasteiger partial charge on any atom is 0.253 e. The van der Waals surface area contributed by atoms with E-state index < -0.39 is 11.7 Å². The second-order valence-corrected chi connectivity index (χ2v) is 4.49. The van der Waals surface area contributed by atoms with Gasteiger partial charge in [0.1, 0.15) is 5.82 Å². The minimum Gasteiger partial charge on any atom is -0.348 e. The molecule has 4 nitrogen and oxygen atoms in total. The second kappa shape index (κ2) is 6.36. The van der Waals surface area contributed by atoms with Crippen LogP contribution in [-0.2, 0) is 6.54 Å². The molecule has 0 aliphatic rings. The predicted octanol–water partition coefficient (Wildman–Crippen LogP) is 2.69. The first-order valence-corrected chi connectivity index (χ1v) is 6.28. The van der Waals surface area contributed by atoms with Crippen molar-refractivity contribution in [2.75, 3.05) is 5.43 Å². The van der Waals surface area contributed by atoms with Crippen molar-refractivity contribution in [2.45, 2.75) is 6.54 Å². The summed E-state index contributed by atoms with van der Waals surface area (Å²) in [6.07, 6.45) is 0. The predicted molar refractivity (Wildman–Crippen MR) is 76.8 cm³/mol.